The molecule has 0 aliphatic heterocycles. The molecule has 0 amide bonds. The van der Waals surface area contributed by atoms with Crippen molar-refractivity contribution in [2.75, 3.05) is 19.8 Å². The van der Waals surface area contributed by atoms with E-state index in [1.807, 2.05) is 20.2 Å². The first-order valence-electron chi connectivity index (χ1n) is 6.97. The molecule has 3 rings (SSSR count). The van der Waals surface area contributed by atoms with Gasteiger partial charge in [-0.25, -0.2) is 4.98 Å². The van der Waals surface area contributed by atoms with Crippen LogP contribution in [-0.4, -0.2) is 24.0 Å². The van der Waals surface area contributed by atoms with Crippen LogP contribution in [-0.2, 0) is 19.4 Å². The fraction of sp³-hybridized carbons (Fsp3) is 0.312. The van der Waals surface area contributed by atoms with Crippen molar-refractivity contribution in [1.29, 1.82) is 0 Å². The second kappa shape index (κ2) is 5.87. The summed E-state index contributed by atoms with van der Waals surface area (Å²) in [6.07, 6.45) is 1.87. The second-order valence-corrected chi connectivity index (χ2v) is 6.52. The van der Waals surface area contributed by atoms with Crippen LogP contribution in [0.4, 0.5) is 5.13 Å². The third-order valence-corrected chi connectivity index (χ3v) is 4.17. The Labute approximate surface area is 128 Å². The molecule has 110 valence electrons. The molecule has 0 fully saturated rings. The zero-order chi connectivity index (χ0) is 14.8. The summed E-state index contributed by atoms with van der Waals surface area (Å²) in [7, 11) is 4.08. The number of hydrogen-bond acceptors (Lipinski definition) is 5. The van der Waals surface area contributed by atoms with Crippen molar-refractivity contribution < 1.29 is 4.42 Å². The number of nitrogens with two attached hydrogens (primary N) is 1. The Morgan fingerprint density at radius 3 is 2.76 bits per heavy atom. The number of benzene rings is 1. The Balaban J connectivity index is 1.66. The molecule has 0 aliphatic rings. The number of hydrogen-bond donors (Lipinski definition) is 1. The lowest BCUT2D eigenvalue weighted by Crippen LogP contribution is -2.09. The van der Waals surface area contributed by atoms with Gasteiger partial charge in [-0.3, -0.25) is 0 Å². The molecule has 2 N–H and O–H groups in total. The summed E-state index contributed by atoms with van der Waals surface area (Å²) in [5, 5.41) is 0.626. The molecule has 3 aromatic rings. The van der Waals surface area contributed by atoms with E-state index in [0.717, 1.165) is 41.1 Å². The van der Waals surface area contributed by atoms with Gasteiger partial charge in [0.1, 0.15) is 11.5 Å². The molecule has 2 aromatic heterocycles. The molecule has 0 saturated carbocycles. The molecule has 1 aromatic carbocycles. The van der Waals surface area contributed by atoms with Crippen LogP contribution in [0.2, 0.25) is 0 Å². The standard InChI is InChI=1S/C16H19N3OS/c1-19(2)10-13-7-6-12(20-13)5-3-11-4-8-14-15(9-11)21-16(17)18-14/h4,6-9H,3,5,10H2,1-2H3,(H2,17,18). The van der Waals surface area contributed by atoms with Crippen LogP contribution in [0.5, 0.6) is 0 Å². The summed E-state index contributed by atoms with van der Waals surface area (Å²) < 4.78 is 6.99. The minimum Gasteiger partial charge on any atom is -0.465 e. The minimum atomic E-state index is 0.626. The normalized spacial score (nSPS) is 11.6. The van der Waals surface area contributed by atoms with E-state index in [2.05, 4.69) is 34.1 Å². The Bertz CT molecular complexity index is 745. The van der Waals surface area contributed by atoms with Gasteiger partial charge in [0.05, 0.1) is 16.8 Å². The molecule has 0 atom stereocenters. The molecule has 0 aliphatic carbocycles. The fourth-order valence-corrected chi connectivity index (χ4v) is 3.16. The van der Waals surface area contributed by atoms with Gasteiger partial charge >= 0.3 is 0 Å². The van der Waals surface area contributed by atoms with Crippen molar-refractivity contribution in [3.05, 3.63) is 47.4 Å². The van der Waals surface area contributed by atoms with E-state index in [9.17, 15) is 0 Å². The third-order valence-electron chi connectivity index (χ3n) is 3.32. The maximum Gasteiger partial charge on any atom is 0.181 e. The first kappa shape index (κ1) is 14.1. The number of aryl methyl sites for hydroxylation is 2. The molecule has 5 heteroatoms. The summed E-state index contributed by atoms with van der Waals surface area (Å²) in [5.74, 6) is 2.05. The highest BCUT2D eigenvalue weighted by atomic mass is 32.1. The average molecular weight is 301 g/mol. The van der Waals surface area contributed by atoms with Gasteiger partial charge in [-0.1, -0.05) is 17.4 Å². The monoisotopic (exact) mass is 301 g/mol. The van der Waals surface area contributed by atoms with Gasteiger partial charge in [0.2, 0.25) is 0 Å². The van der Waals surface area contributed by atoms with Gasteiger partial charge in [-0.2, -0.15) is 0 Å². The van der Waals surface area contributed by atoms with Crippen LogP contribution in [0.1, 0.15) is 17.1 Å². The SMILES string of the molecule is CN(C)Cc1ccc(CCc2ccc3nc(N)sc3c2)o1. The van der Waals surface area contributed by atoms with E-state index < -0.39 is 0 Å². The molecule has 2 heterocycles. The van der Waals surface area contributed by atoms with Gasteiger partial charge < -0.3 is 15.1 Å². The highest BCUT2D eigenvalue weighted by molar-refractivity contribution is 7.22. The average Bonchev–Trinajstić information content (AvgIpc) is 3.00. The van der Waals surface area contributed by atoms with Crippen molar-refractivity contribution in [1.82, 2.24) is 9.88 Å². The molecule has 0 bridgehead atoms. The van der Waals surface area contributed by atoms with Crippen molar-refractivity contribution >= 4 is 26.7 Å². The number of nitrogen functional groups attached to an aromatic ring is 1. The van der Waals surface area contributed by atoms with Gasteiger partial charge in [0.15, 0.2) is 5.13 Å². The topological polar surface area (TPSA) is 55.3 Å². The van der Waals surface area contributed by atoms with Gasteiger partial charge in [0.25, 0.3) is 0 Å². The number of thiazole rings is 1. The summed E-state index contributed by atoms with van der Waals surface area (Å²) >= 11 is 1.54. The van der Waals surface area contributed by atoms with Crippen molar-refractivity contribution in [3.8, 4) is 0 Å². The summed E-state index contributed by atoms with van der Waals surface area (Å²) in [5.41, 5.74) is 8.00. The van der Waals surface area contributed by atoms with E-state index in [0.29, 0.717) is 5.13 Å². The van der Waals surface area contributed by atoms with Crippen molar-refractivity contribution in [2.24, 2.45) is 0 Å². The number of nitrogens with zero attached hydrogens (tertiary/aromatic N) is 2. The van der Waals surface area contributed by atoms with Crippen molar-refractivity contribution in [2.45, 2.75) is 19.4 Å². The predicted octanol–water partition coefficient (Wildman–Crippen LogP) is 3.32. The predicted molar refractivity (Wildman–Crippen MR) is 87.5 cm³/mol. The quantitative estimate of drug-likeness (QED) is 0.785. The summed E-state index contributed by atoms with van der Waals surface area (Å²) in [6, 6.07) is 10.5. The third kappa shape index (κ3) is 3.43. The highest BCUT2D eigenvalue weighted by Crippen LogP contribution is 2.25. The Kier molecular flexibility index (Phi) is 3.94. The van der Waals surface area contributed by atoms with Crippen LogP contribution in [0.3, 0.4) is 0 Å². The molecule has 0 spiro atoms. The fourth-order valence-electron chi connectivity index (χ4n) is 2.36. The van der Waals surface area contributed by atoms with E-state index in [1.54, 1.807) is 0 Å². The second-order valence-electron chi connectivity index (χ2n) is 5.46. The van der Waals surface area contributed by atoms with Gasteiger partial charge in [-0.15, -0.1) is 0 Å². The number of furan rings is 1. The van der Waals surface area contributed by atoms with Gasteiger partial charge in [0, 0.05) is 6.42 Å². The molecule has 0 unspecified atom stereocenters. The first-order valence-corrected chi connectivity index (χ1v) is 7.79. The van der Waals surface area contributed by atoms with E-state index in [-0.39, 0.29) is 0 Å². The van der Waals surface area contributed by atoms with E-state index >= 15 is 0 Å². The zero-order valence-corrected chi connectivity index (χ0v) is 13.1. The number of rotatable bonds is 5. The molecular formula is C16H19N3OS. The molecule has 0 radical (unpaired) electrons. The van der Waals surface area contributed by atoms with Crippen LogP contribution >= 0.6 is 11.3 Å². The molecular weight excluding hydrogens is 282 g/mol. The van der Waals surface area contributed by atoms with Crippen LogP contribution in [0.15, 0.2) is 34.7 Å². The maximum absolute atomic E-state index is 5.84. The van der Waals surface area contributed by atoms with Crippen LogP contribution < -0.4 is 5.73 Å². The molecule has 21 heavy (non-hydrogen) atoms. The summed E-state index contributed by atoms with van der Waals surface area (Å²) in [4.78, 5) is 6.38. The van der Waals surface area contributed by atoms with E-state index in [4.69, 9.17) is 10.2 Å². The first-order chi connectivity index (χ1) is 10.1. The smallest absolute Gasteiger partial charge is 0.181 e. The Hall–Kier alpha value is -1.85. The number of anilines is 1. The van der Waals surface area contributed by atoms with Crippen LogP contribution in [0.25, 0.3) is 10.2 Å². The lowest BCUT2D eigenvalue weighted by molar-refractivity contribution is 0.341. The van der Waals surface area contributed by atoms with Crippen molar-refractivity contribution in [3.63, 3.8) is 0 Å². The zero-order valence-electron chi connectivity index (χ0n) is 12.3. The molecule has 0 saturated heterocycles. The minimum absolute atomic E-state index is 0.626. The van der Waals surface area contributed by atoms with Gasteiger partial charge in [-0.05, 0) is 50.3 Å². The highest BCUT2D eigenvalue weighted by Gasteiger charge is 2.06. The van der Waals surface area contributed by atoms with E-state index in [1.165, 1.54) is 16.9 Å². The molecule has 4 nitrogen and oxygen atoms in total. The van der Waals surface area contributed by atoms with Crippen LogP contribution in [0, 0.1) is 0 Å². The Morgan fingerprint density at radius 2 is 1.95 bits per heavy atom. The largest absolute Gasteiger partial charge is 0.465 e. The lowest BCUT2D eigenvalue weighted by atomic mass is 10.1. The maximum atomic E-state index is 5.84. The lowest BCUT2D eigenvalue weighted by Gasteiger charge is -2.05. The number of fused-ring (bicyclic) bond motifs is 1. The number of aromatic nitrogens is 1. The Morgan fingerprint density at radius 1 is 1.14 bits per heavy atom. The summed E-state index contributed by atoms with van der Waals surface area (Å²) in [6.45, 7) is 0.839.